The van der Waals surface area contributed by atoms with Gasteiger partial charge in [-0.25, -0.2) is 0 Å². The van der Waals surface area contributed by atoms with E-state index in [1.807, 2.05) is 0 Å². The Kier molecular flexibility index (Phi) is 9.47. The van der Waals surface area contributed by atoms with Gasteiger partial charge in [-0.15, -0.1) is 0 Å². The highest BCUT2D eigenvalue weighted by atomic mass is 16.7. The molecular formula is C25H39NO8. The number of rotatable bonds is 8. The van der Waals surface area contributed by atoms with Crippen molar-refractivity contribution in [3.8, 4) is 5.75 Å². The van der Waals surface area contributed by atoms with Gasteiger partial charge in [0.05, 0.1) is 17.7 Å². The van der Waals surface area contributed by atoms with E-state index in [-0.39, 0.29) is 36.3 Å². The van der Waals surface area contributed by atoms with Crippen LogP contribution in [0.4, 0.5) is 5.69 Å². The van der Waals surface area contributed by atoms with E-state index in [1.165, 1.54) is 0 Å². The zero-order valence-corrected chi connectivity index (χ0v) is 21.0. The maximum Gasteiger partial charge on any atom is 0.311 e. The molecule has 9 nitrogen and oxygen atoms in total. The van der Waals surface area contributed by atoms with Crippen LogP contribution in [0.5, 0.6) is 5.75 Å². The Bertz CT molecular complexity index is 842. The smallest absolute Gasteiger partial charge is 0.311 e. The average molecular weight is 482 g/mol. The summed E-state index contributed by atoms with van der Waals surface area (Å²) in [6.45, 7) is 11.4. The van der Waals surface area contributed by atoms with E-state index in [0.717, 1.165) is 6.42 Å². The molecule has 0 aliphatic carbocycles. The van der Waals surface area contributed by atoms with Gasteiger partial charge in [0.2, 0.25) is 12.2 Å². The summed E-state index contributed by atoms with van der Waals surface area (Å²) >= 11 is 0. The topological polar surface area (TPSA) is 135 Å². The second kappa shape index (κ2) is 11.5. The normalized spacial score (nSPS) is 23.3. The zero-order chi connectivity index (χ0) is 25.7. The molecule has 9 heteroatoms. The van der Waals surface area contributed by atoms with Crippen LogP contribution in [0.15, 0.2) is 18.2 Å². The lowest BCUT2D eigenvalue weighted by Crippen LogP contribution is -2.54. The minimum absolute atomic E-state index is 0.0107. The van der Waals surface area contributed by atoms with E-state index < -0.39 is 30.0 Å². The minimum Gasteiger partial charge on any atom is -0.460 e. The molecule has 4 N–H and O–H groups in total. The molecule has 1 fully saturated rings. The number of carbonyl (C=O) groups is 2. The first-order valence-corrected chi connectivity index (χ1v) is 11.6. The van der Waals surface area contributed by atoms with Crippen molar-refractivity contribution < 1.29 is 39.1 Å². The van der Waals surface area contributed by atoms with Gasteiger partial charge in [0, 0.05) is 6.42 Å². The highest BCUT2D eigenvalue weighted by molar-refractivity contribution is 5.92. The Hall–Kier alpha value is -2.20. The van der Waals surface area contributed by atoms with Crippen LogP contribution in [0, 0.1) is 10.8 Å². The summed E-state index contributed by atoms with van der Waals surface area (Å²) in [6.07, 6.45) is -3.46. The Labute approximate surface area is 201 Å². The molecule has 1 saturated heterocycles. The summed E-state index contributed by atoms with van der Waals surface area (Å²) in [6, 6.07) is 4.87. The maximum absolute atomic E-state index is 12.6. The molecule has 192 valence electrons. The number of nitrogens with one attached hydrogen (secondary N) is 1. The number of aliphatic hydroxyl groups excluding tert-OH is 3. The van der Waals surface area contributed by atoms with Crippen LogP contribution in [0.25, 0.3) is 0 Å². The van der Waals surface area contributed by atoms with Crippen LogP contribution in [-0.2, 0) is 25.7 Å². The average Bonchev–Trinajstić information content (AvgIpc) is 2.72. The van der Waals surface area contributed by atoms with Gasteiger partial charge in [-0.1, -0.05) is 26.8 Å². The van der Waals surface area contributed by atoms with Crippen LogP contribution in [0.3, 0.4) is 0 Å². The fourth-order valence-electron chi connectivity index (χ4n) is 3.23. The Morgan fingerprint density at radius 1 is 1.09 bits per heavy atom. The Morgan fingerprint density at radius 3 is 2.38 bits per heavy atom. The Morgan fingerprint density at radius 2 is 1.76 bits per heavy atom. The summed E-state index contributed by atoms with van der Waals surface area (Å²) in [5.41, 5.74) is 0.426. The molecule has 1 aliphatic rings. The predicted octanol–water partition coefficient (Wildman–Crippen LogP) is 2.75. The number of aliphatic hydroxyl groups is 3. The van der Waals surface area contributed by atoms with Crippen molar-refractivity contribution in [2.45, 2.75) is 92.0 Å². The van der Waals surface area contributed by atoms with Crippen molar-refractivity contribution in [2.24, 2.45) is 10.8 Å². The van der Waals surface area contributed by atoms with Crippen molar-refractivity contribution in [2.75, 3.05) is 11.9 Å². The fraction of sp³-hybridized carbons (Fsp3) is 0.680. The molecule has 0 bridgehead atoms. The number of amides is 1. The number of anilines is 1. The van der Waals surface area contributed by atoms with Gasteiger partial charge in [0.15, 0.2) is 0 Å². The number of esters is 1. The van der Waals surface area contributed by atoms with Gasteiger partial charge in [-0.05, 0) is 56.7 Å². The number of hydrogen-bond acceptors (Lipinski definition) is 8. The molecular weight excluding hydrogens is 442 g/mol. The molecule has 1 amide bonds. The van der Waals surface area contributed by atoms with Crippen LogP contribution in [0.1, 0.15) is 66.4 Å². The third kappa shape index (κ3) is 8.54. The molecule has 0 spiro atoms. The summed E-state index contributed by atoms with van der Waals surface area (Å²) < 4.78 is 16.4. The number of hydrogen-bond donors (Lipinski definition) is 4. The summed E-state index contributed by atoms with van der Waals surface area (Å²) in [5.74, 6) is -0.354. The van der Waals surface area contributed by atoms with Crippen LogP contribution in [0.2, 0.25) is 0 Å². The quantitative estimate of drug-likeness (QED) is 0.417. The lowest BCUT2D eigenvalue weighted by atomic mass is 9.90. The van der Waals surface area contributed by atoms with E-state index in [1.54, 1.807) is 39.0 Å². The van der Waals surface area contributed by atoms with Crippen LogP contribution in [-0.4, -0.2) is 58.4 Å². The third-order valence-corrected chi connectivity index (χ3v) is 5.33. The van der Waals surface area contributed by atoms with Crippen LogP contribution >= 0.6 is 0 Å². The van der Waals surface area contributed by atoms with Gasteiger partial charge in [0.1, 0.15) is 30.7 Å². The number of carbonyl (C=O) groups excluding carboxylic acids is 2. The molecule has 1 aromatic rings. The van der Waals surface area contributed by atoms with E-state index in [9.17, 15) is 24.9 Å². The Balaban J connectivity index is 2.17. The van der Waals surface area contributed by atoms with E-state index in [4.69, 9.17) is 14.2 Å². The number of benzene rings is 1. The van der Waals surface area contributed by atoms with Gasteiger partial charge in [0.25, 0.3) is 0 Å². The first-order valence-electron chi connectivity index (χ1n) is 11.6. The van der Waals surface area contributed by atoms with Crippen molar-refractivity contribution in [3.63, 3.8) is 0 Å². The molecule has 1 aromatic carbocycles. The van der Waals surface area contributed by atoms with Crippen molar-refractivity contribution in [1.29, 1.82) is 0 Å². The second-order valence-corrected chi connectivity index (χ2v) is 11.0. The molecule has 0 aromatic heterocycles. The summed E-state index contributed by atoms with van der Waals surface area (Å²) in [4.78, 5) is 24.7. The third-order valence-electron chi connectivity index (χ3n) is 5.33. The highest BCUT2D eigenvalue weighted by Crippen LogP contribution is 2.30. The zero-order valence-electron chi connectivity index (χ0n) is 21.0. The SMILES string of the molecule is CC(C)(C)CCCC(=O)Nc1cc(COC(=O)C(C)(C)C)ccc1O[C@H]1OC[C@@H](O)[C@H](O)[C@H]1O. The number of ether oxygens (including phenoxy) is 3. The lowest BCUT2D eigenvalue weighted by molar-refractivity contribution is -0.241. The molecule has 2 rings (SSSR count). The van der Waals surface area contributed by atoms with E-state index >= 15 is 0 Å². The van der Waals surface area contributed by atoms with E-state index in [0.29, 0.717) is 24.1 Å². The van der Waals surface area contributed by atoms with Crippen LogP contribution < -0.4 is 10.1 Å². The molecule has 4 atom stereocenters. The van der Waals surface area contributed by atoms with Gasteiger partial charge < -0.3 is 34.8 Å². The summed E-state index contributed by atoms with van der Waals surface area (Å²) in [7, 11) is 0. The largest absolute Gasteiger partial charge is 0.460 e. The molecule has 1 aliphatic heterocycles. The molecule has 0 radical (unpaired) electrons. The minimum atomic E-state index is -1.48. The monoisotopic (exact) mass is 481 g/mol. The molecule has 0 saturated carbocycles. The maximum atomic E-state index is 12.6. The highest BCUT2D eigenvalue weighted by Gasteiger charge is 2.39. The van der Waals surface area contributed by atoms with Crippen molar-refractivity contribution >= 4 is 17.6 Å². The van der Waals surface area contributed by atoms with E-state index in [2.05, 4.69) is 26.1 Å². The second-order valence-electron chi connectivity index (χ2n) is 11.0. The van der Waals surface area contributed by atoms with Gasteiger partial charge in [-0.2, -0.15) is 0 Å². The molecule has 0 unspecified atom stereocenters. The fourth-order valence-corrected chi connectivity index (χ4v) is 3.23. The summed E-state index contributed by atoms with van der Waals surface area (Å²) in [5, 5.41) is 32.6. The lowest BCUT2D eigenvalue weighted by Gasteiger charge is -2.35. The standard InChI is InChI=1S/C25H39NO8/c1-24(2,3)11-7-8-19(28)26-16-12-15(13-33-23(31)25(4,5)6)9-10-18(16)34-22-21(30)20(29)17(27)14-32-22/h9-10,12,17,20-22,27,29-30H,7-8,11,13-14H2,1-6H3,(H,26,28)/t17-,20+,21-,22-/m1/s1. The first-order chi connectivity index (χ1) is 15.7. The molecule has 1 heterocycles. The van der Waals surface area contributed by atoms with Gasteiger partial charge in [-0.3, -0.25) is 9.59 Å². The first kappa shape index (κ1) is 28.0. The predicted molar refractivity (Wildman–Crippen MR) is 126 cm³/mol. The van der Waals surface area contributed by atoms with Crippen molar-refractivity contribution in [3.05, 3.63) is 23.8 Å². The molecule has 34 heavy (non-hydrogen) atoms. The van der Waals surface area contributed by atoms with Crippen molar-refractivity contribution in [1.82, 2.24) is 0 Å². The van der Waals surface area contributed by atoms with Gasteiger partial charge >= 0.3 is 5.97 Å².